The van der Waals surface area contributed by atoms with Crippen molar-refractivity contribution >= 4 is 10.0 Å². The van der Waals surface area contributed by atoms with Gasteiger partial charge in [-0.1, -0.05) is 6.07 Å². The van der Waals surface area contributed by atoms with Crippen LogP contribution in [0.3, 0.4) is 0 Å². The molecule has 0 saturated carbocycles. The summed E-state index contributed by atoms with van der Waals surface area (Å²) in [6.07, 6.45) is 3.42. The van der Waals surface area contributed by atoms with Gasteiger partial charge < -0.3 is 9.88 Å². The average Bonchev–Trinajstić information content (AvgIpc) is 2.85. The van der Waals surface area contributed by atoms with Gasteiger partial charge in [0.25, 0.3) is 0 Å². The van der Waals surface area contributed by atoms with Crippen molar-refractivity contribution in [1.29, 1.82) is 0 Å². The summed E-state index contributed by atoms with van der Waals surface area (Å²) in [5.41, 5.74) is 2.03. The van der Waals surface area contributed by atoms with Crippen LogP contribution in [-0.2, 0) is 30.2 Å². The predicted molar refractivity (Wildman–Crippen MR) is 81.2 cm³/mol. The molecule has 1 aromatic carbocycles. The van der Waals surface area contributed by atoms with Crippen LogP contribution in [0.15, 0.2) is 35.5 Å². The minimum atomic E-state index is -3.54. The molecular formula is C14H20N4O2S. The zero-order valence-electron chi connectivity index (χ0n) is 12.4. The highest BCUT2D eigenvalue weighted by atomic mass is 32.2. The molecule has 0 aliphatic rings. The zero-order chi connectivity index (χ0) is 15.5. The first-order chi connectivity index (χ1) is 9.94. The van der Waals surface area contributed by atoms with E-state index in [9.17, 15) is 8.42 Å². The van der Waals surface area contributed by atoms with Gasteiger partial charge in [0.1, 0.15) is 5.82 Å². The maximum absolute atomic E-state index is 12.3. The van der Waals surface area contributed by atoms with Crippen molar-refractivity contribution in [3.63, 3.8) is 0 Å². The van der Waals surface area contributed by atoms with Crippen LogP contribution in [0.2, 0.25) is 0 Å². The molecule has 0 aliphatic carbocycles. The molecule has 1 aromatic heterocycles. The molecule has 1 heterocycles. The van der Waals surface area contributed by atoms with Crippen molar-refractivity contribution in [1.82, 2.24) is 19.6 Å². The summed E-state index contributed by atoms with van der Waals surface area (Å²) >= 11 is 0. The van der Waals surface area contributed by atoms with Gasteiger partial charge in [0.15, 0.2) is 0 Å². The molecule has 7 heteroatoms. The summed E-state index contributed by atoms with van der Waals surface area (Å²) in [5.74, 6) is 0.668. The molecule has 0 radical (unpaired) electrons. The van der Waals surface area contributed by atoms with E-state index in [1.165, 1.54) is 0 Å². The van der Waals surface area contributed by atoms with Crippen LogP contribution in [0, 0.1) is 6.92 Å². The normalized spacial score (nSPS) is 11.8. The molecule has 0 amide bonds. The Bertz CT molecular complexity index is 722. The van der Waals surface area contributed by atoms with Gasteiger partial charge in [-0.05, 0) is 37.2 Å². The lowest BCUT2D eigenvalue weighted by Crippen LogP contribution is -2.25. The highest BCUT2D eigenvalue weighted by Crippen LogP contribution is 2.15. The molecule has 114 valence electrons. The van der Waals surface area contributed by atoms with Crippen molar-refractivity contribution < 1.29 is 8.42 Å². The van der Waals surface area contributed by atoms with E-state index in [1.54, 1.807) is 29.1 Å². The van der Waals surface area contributed by atoms with Crippen molar-refractivity contribution in [2.45, 2.75) is 24.9 Å². The number of hydrogen-bond acceptors (Lipinski definition) is 4. The lowest BCUT2D eigenvalue weighted by atomic mass is 10.1. The van der Waals surface area contributed by atoms with E-state index < -0.39 is 10.0 Å². The van der Waals surface area contributed by atoms with Crippen molar-refractivity contribution in [2.24, 2.45) is 7.05 Å². The Hall–Kier alpha value is -1.70. The summed E-state index contributed by atoms with van der Waals surface area (Å²) in [5, 5.41) is 3.04. The monoisotopic (exact) mass is 308 g/mol. The Labute approximate surface area is 125 Å². The molecule has 2 N–H and O–H groups in total. The number of rotatable bonds is 6. The minimum absolute atomic E-state index is 0.168. The van der Waals surface area contributed by atoms with Crippen molar-refractivity contribution in [2.75, 3.05) is 7.05 Å². The van der Waals surface area contributed by atoms with Crippen LogP contribution >= 0.6 is 0 Å². The molecule has 0 unspecified atom stereocenters. The van der Waals surface area contributed by atoms with Crippen LogP contribution in [0.1, 0.15) is 17.0 Å². The fourth-order valence-electron chi connectivity index (χ4n) is 2.01. The molecule has 0 atom stereocenters. The first-order valence-corrected chi connectivity index (χ1v) is 8.12. The van der Waals surface area contributed by atoms with Gasteiger partial charge in [-0.3, -0.25) is 0 Å². The lowest BCUT2D eigenvalue weighted by molar-refractivity contribution is 0.577. The fraction of sp³-hybridized carbons (Fsp3) is 0.357. The van der Waals surface area contributed by atoms with Crippen molar-refractivity contribution in [3.05, 3.63) is 47.5 Å². The van der Waals surface area contributed by atoms with Gasteiger partial charge >= 0.3 is 0 Å². The van der Waals surface area contributed by atoms with Crippen LogP contribution in [-0.4, -0.2) is 25.0 Å². The number of nitrogens with one attached hydrogen (secondary N) is 2. The van der Waals surface area contributed by atoms with Gasteiger partial charge in [0.05, 0.1) is 11.4 Å². The molecule has 0 bridgehead atoms. The molecule has 2 rings (SSSR count). The number of imidazole rings is 1. The number of aryl methyl sites for hydroxylation is 2. The SMILES string of the molecule is CNCc1cc(S(=O)(=O)NCc2nccn2C)ccc1C. The number of benzene rings is 1. The Balaban J connectivity index is 2.19. The first kappa shape index (κ1) is 15.7. The Kier molecular flexibility index (Phi) is 4.76. The minimum Gasteiger partial charge on any atom is -0.337 e. The summed E-state index contributed by atoms with van der Waals surface area (Å²) < 4.78 is 29.0. The molecule has 6 nitrogen and oxygen atoms in total. The largest absolute Gasteiger partial charge is 0.337 e. The van der Waals surface area contributed by atoms with E-state index in [-0.39, 0.29) is 11.4 Å². The van der Waals surface area contributed by atoms with E-state index >= 15 is 0 Å². The number of nitrogens with zero attached hydrogens (tertiary/aromatic N) is 2. The van der Waals surface area contributed by atoms with E-state index in [2.05, 4.69) is 15.0 Å². The topological polar surface area (TPSA) is 76.0 Å². The van der Waals surface area contributed by atoms with E-state index in [1.807, 2.05) is 27.1 Å². The number of aromatic nitrogens is 2. The van der Waals surface area contributed by atoms with Gasteiger partial charge in [-0.2, -0.15) is 0 Å². The molecule has 2 aromatic rings. The molecule has 0 spiro atoms. The summed E-state index contributed by atoms with van der Waals surface area (Å²) in [6, 6.07) is 5.14. The highest BCUT2D eigenvalue weighted by Gasteiger charge is 2.16. The Morgan fingerprint density at radius 2 is 2.05 bits per heavy atom. The number of sulfonamides is 1. The summed E-state index contributed by atoms with van der Waals surface area (Å²) in [6.45, 7) is 2.76. The predicted octanol–water partition coefficient (Wildman–Crippen LogP) is 0.926. The second-order valence-corrected chi connectivity index (χ2v) is 6.66. The van der Waals surface area contributed by atoms with Gasteiger partial charge in [-0.25, -0.2) is 18.1 Å². The maximum atomic E-state index is 12.3. The third kappa shape index (κ3) is 3.69. The molecule has 0 fully saturated rings. The third-order valence-electron chi connectivity index (χ3n) is 3.34. The number of hydrogen-bond donors (Lipinski definition) is 2. The zero-order valence-corrected chi connectivity index (χ0v) is 13.2. The van der Waals surface area contributed by atoms with Crippen LogP contribution in [0.5, 0.6) is 0 Å². The molecule has 0 aliphatic heterocycles. The van der Waals surface area contributed by atoms with Gasteiger partial charge in [0.2, 0.25) is 10.0 Å². The summed E-state index contributed by atoms with van der Waals surface area (Å²) in [7, 11) is 0.118. The van der Waals surface area contributed by atoms with Crippen molar-refractivity contribution in [3.8, 4) is 0 Å². The summed E-state index contributed by atoms with van der Waals surface area (Å²) in [4.78, 5) is 4.37. The molecule has 0 saturated heterocycles. The quantitative estimate of drug-likeness (QED) is 0.832. The standard InChI is InChI=1S/C14H20N4O2S/c1-11-4-5-13(8-12(11)9-15-2)21(19,20)17-10-14-16-6-7-18(14)3/h4-8,15,17H,9-10H2,1-3H3. The second kappa shape index (κ2) is 6.38. The van der Waals surface area contributed by atoms with Crippen LogP contribution in [0.4, 0.5) is 0 Å². The van der Waals surface area contributed by atoms with Crippen LogP contribution < -0.4 is 10.0 Å². The van der Waals surface area contributed by atoms with Gasteiger partial charge in [0, 0.05) is 26.0 Å². The molecule has 21 heavy (non-hydrogen) atoms. The second-order valence-electron chi connectivity index (χ2n) is 4.90. The van der Waals surface area contributed by atoms with E-state index in [0.717, 1.165) is 11.1 Å². The fourth-order valence-corrected chi connectivity index (χ4v) is 3.04. The van der Waals surface area contributed by atoms with E-state index in [4.69, 9.17) is 0 Å². The third-order valence-corrected chi connectivity index (χ3v) is 4.74. The average molecular weight is 308 g/mol. The maximum Gasteiger partial charge on any atom is 0.240 e. The lowest BCUT2D eigenvalue weighted by Gasteiger charge is -2.10. The van der Waals surface area contributed by atoms with E-state index in [0.29, 0.717) is 12.4 Å². The first-order valence-electron chi connectivity index (χ1n) is 6.64. The Morgan fingerprint density at radius 1 is 1.29 bits per heavy atom. The molecular weight excluding hydrogens is 288 g/mol. The van der Waals surface area contributed by atoms with Gasteiger partial charge in [-0.15, -0.1) is 0 Å². The highest BCUT2D eigenvalue weighted by molar-refractivity contribution is 7.89. The smallest absolute Gasteiger partial charge is 0.240 e. The van der Waals surface area contributed by atoms with Crippen LogP contribution in [0.25, 0.3) is 0 Å². The Morgan fingerprint density at radius 3 is 2.67 bits per heavy atom.